The van der Waals surface area contributed by atoms with Crippen LogP contribution in [0.1, 0.15) is 0 Å². The van der Waals surface area contributed by atoms with E-state index in [2.05, 4.69) is 0 Å². The summed E-state index contributed by atoms with van der Waals surface area (Å²) in [5.74, 6) is 0. The number of nitrogens with zero attached hydrogens (tertiary/aromatic N) is 4. The molecule has 0 aromatic rings. The lowest BCUT2D eigenvalue weighted by molar-refractivity contribution is -0.178. The minimum absolute atomic E-state index is 0.164. The van der Waals surface area contributed by atoms with E-state index in [1.165, 1.54) is 0 Å². The van der Waals surface area contributed by atoms with Gasteiger partial charge in [-0.2, -0.15) is 33.7 Å². The van der Waals surface area contributed by atoms with Crippen molar-refractivity contribution in [1.29, 1.82) is 0 Å². The largest absolute Gasteiger partial charge is 0.339 e. The molecule has 0 radical (unpaired) electrons. The van der Waals surface area contributed by atoms with Gasteiger partial charge >= 0.3 is 41.2 Å². The van der Waals surface area contributed by atoms with E-state index >= 15 is 0 Å². The Morgan fingerprint density at radius 3 is 0.893 bits per heavy atom. The zero-order valence-corrected chi connectivity index (χ0v) is 16.0. The van der Waals surface area contributed by atoms with Gasteiger partial charge in [-0.3, -0.25) is 18.2 Å². The molecule has 0 spiro atoms. The second-order valence-electron chi connectivity index (χ2n) is 5.89. The third-order valence-corrected chi connectivity index (χ3v) is 8.25. The predicted octanol–water partition coefficient (Wildman–Crippen LogP) is -4.55. The minimum Gasteiger partial charge on any atom is -0.335 e. The van der Waals surface area contributed by atoms with Gasteiger partial charge in [-0.15, -0.1) is 17.2 Å². The van der Waals surface area contributed by atoms with Crippen LogP contribution in [0.15, 0.2) is 0 Å². The van der Waals surface area contributed by atoms with E-state index in [1.54, 1.807) is 0 Å². The lowest BCUT2D eigenvalue weighted by Crippen LogP contribution is -2.74. The van der Waals surface area contributed by atoms with Crippen LogP contribution in [0.4, 0.5) is 0 Å². The summed E-state index contributed by atoms with van der Waals surface area (Å²) in [4.78, 5) is 0. The van der Waals surface area contributed by atoms with Gasteiger partial charge in [0.15, 0.2) is 24.9 Å². The molecule has 0 saturated carbocycles. The first-order valence-corrected chi connectivity index (χ1v) is 12.4. The van der Waals surface area contributed by atoms with Gasteiger partial charge in [0, 0.05) is 0 Å². The Morgan fingerprint density at radius 1 is 0.464 bits per heavy atom. The molecule has 0 amide bonds. The predicted molar refractivity (Wildman–Crippen MR) is 78.4 cm³/mol. The van der Waals surface area contributed by atoms with Crippen LogP contribution in [-0.2, 0) is 50.7 Å². The Hall–Kier alpha value is -0.600. The van der Waals surface area contributed by atoms with Crippen molar-refractivity contribution >= 4 is 41.2 Å². The average molecular weight is 490 g/mol. The molecule has 4 N–H and O–H groups in total. The van der Waals surface area contributed by atoms with Crippen LogP contribution in [0.5, 0.6) is 0 Å². The summed E-state index contributed by atoms with van der Waals surface area (Å²) >= 11 is 0. The normalized spacial score (nSPS) is 40.4. The van der Waals surface area contributed by atoms with Crippen molar-refractivity contribution in [1.82, 2.24) is 17.2 Å². The van der Waals surface area contributed by atoms with E-state index in [0.717, 1.165) is 0 Å². The molecule has 22 heteroatoms. The maximum atomic E-state index is 11.8. The highest BCUT2D eigenvalue weighted by molar-refractivity contribution is 7.85. The standard InChI is InChI=1S/C6H10N4O14S4/c11-25(12,13)7-1-3-8(26(14,15)16)2-4(7)24-6(10(2)28(20,21)22)5(23-3)9(1)27(17,18)19/h1-6H,(H,11,12,13)(H,14,15,16)(H,17,18,19)(H,20,21,22). The molecule has 5 aliphatic heterocycles. The van der Waals surface area contributed by atoms with Crippen molar-refractivity contribution in [3.05, 3.63) is 0 Å². The molecule has 5 saturated heterocycles. The van der Waals surface area contributed by atoms with Crippen molar-refractivity contribution in [2.75, 3.05) is 0 Å². The summed E-state index contributed by atoms with van der Waals surface area (Å²) in [6.45, 7) is 0. The zero-order chi connectivity index (χ0) is 21.2. The molecule has 5 fully saturated rings. The molecule has 5 heterocycles. The van der Waals surface area contributed by atoms with Crippen LogP contribution in [0.2, 0.25) is 0 Å². The Kier molecular flexibility index (Phi) is 4.10. The van der Waals surface area contributed by atoms with Crippen LogP contribution < -0.4 is 0 Å². The molecule has 0 aliphatic carbocycles. The van der Waals surface area contributed by atoms with E-state index in [1.807, 2.05) is 0 Å². The molecule has 0 aromatic heterocycles. The van der Waals surface area contributed by atoms with Crippen LogP contribution in [0, 0.1) is 0 Å². The van der Waals surface area contributed by atoms with Gasteiger partial charge < -0.3 is 9.47 Å². The monoisotopic (exact) mass is 490 g/mol. The fraction of sp³-hybridized carbons (Fsp3) is 1.00. The molecular weight excluding hydrogens is 480 g/mol. The molecule has 6 unspecified atom stereocenters. The number of piperazine rings is 1. The van der Waals surface area contributed by atoms with Crippen LogP contribution in [0.25, 0.3) is 0 Å². The van der Waals surface area contributed by atoms with Gasteiger partial charge in [0.2, 0.25) is 0 Å². The number of rotatable bonds is 4. The van der Waals surface area contributed by atoms with Gasteiger partial charge in [-0.05, 0) is 0 Å². The molecule has 6 bridgehead atoms. The Balaban J connectivity index is 2.08. The highest BCUT2D eigenvalue weighted by atomic mass is 32.2. The van der Waals surface area contributed by atoms with Gasteiger partial charge in [0.25, 0.3) is 0 Å². The fourth-order valence-electron chi connectivity index (χ4n) is 3.72. The fourth-order valence-corrected chi connectivity index (χ4v) is 7.42. The van der Waals surface area contributed by atoms with E-state index in [4.69, 9.17) is 9.47 Å². The van der Waals surface area contributed by atoms with Crippen molar-refractivity contribution < 1.29 is 61.4 Å². The third-order valence-electron chi connectivity index (χ3n) is 4.42. The Bertz CT molecular complexity index is 1050. The van der Waals surface area contributed by atoms with Crippen molar-refractivity contribution in [3.63, 3.8) is 0 Å². The first-order valence-electron chi connectivity index (χ1n) is 6.80. The highest BCUT2D eigenvalue weighted by Gasteiger charge is 2.77. The van der Waals surface area contributed by atoms with Gasteiger partial charge in [0.05, 0.1) is 0 Å². The van der Waals surface area contributed by atoms with Gasteiger partial charge in [-0.25, -0.2) is 0 Å². The molecule has 18 nitrogen and oxygen atoms in total. The second-order valence-corrected chi connectivity index (χ2v) is 11.2. The summed E-state index contributed by atoms with van der Waals surface area (Å²) in [7, 11) is -21.8. The van der Waals surface area contributed by atoms with Crippen molar-refractivity contribution in [2.45, 2.75) is 37.2 Å². The zero-order valence-electron chi connectivity index (χ0n) is 12.8. The molecule has 6 atom stereocenters. The Morgan fingerprint density at radius 2 is 0.679 bits per heavy atom. The van der Waals surface area contributed by atoms with Gasteiger partial charge in [-0.1, -0.05) is 0 Å². The van der Waals surface area contributed by atoms with Crippen LogP contribution >= 0.6 is 0 Å². The summed E-state index contributed by atoms with van der Waals surface area (Å²) in [6, 6.07) is 0. The smallest absolute Gasteiger partial charge is 0.335 e. The maximum absolute atomic E-state index is 11.8. The number of hydrogen-bond donors (Lipinski definition) is 4. The first kappa shape index (κ1) is 20.7. The molecule has 0 aromatic carbocycles. The van der Waals surface area contributed by atoms with Crippen LogP contribution in [-0.4, -0.2) is 106 Å². The topological polar surface area (TPSA) is 249 Å². The van der Waals surface area contributed by atoms with E-state index in [-0.39, 0.29) is 17.2 Å². The average Bonchev–Trinajstić information content (AvgIpc) is 2.88. The SMILES string of the molecule is O=S(=O)(O)N1C2OC3C1N(S(=O)(=O)O)C1OC2N(S(=O)(=O)O)C1N3S(=O)(=O)O. The molecule has 28 heavy (non-hydrogen) atoms. The van der Waals surface area contributed by atoms with E-state index in [9.17, 15) is 51.9 Å². The minimum atomic E-state index is -5.45. The quantitative estimate of drug-likeness (QED) is 0.271. The molecule has 5 aliphatic rings. The lowest BCUT2D eigenvalue weighted by Gasteiger charge is -2.47. The van der Waals surface area contributed by atoms with Gasteiger partial charge in [0.1, 0.15) is 12.3 Å². The highest BCUT2D eigenvalue weighted by Crippen LogP contribution is 2.51. The summed E-state index contributed by atoms with van der Waals surface area (Å²) < 4.78 is 142. The van der Waals surface area contributed by atoms with Crippen molar-refractivity contribution in [3.8, 4) is 0 Å². The van der Waals surface area contributed by atoms with Crippen LogP contribution in [0.3, 0.4) is 0 Å². The summed E-state index contributed by atoms with van der Waals surface area (Å²) in [5.41, 5.74) is 0. The number of hydrogen-bond acceptors (Lipinski definition) is 10. The van der Waals surface area contributed by atoms with Crippen molar-refractivity contribution in [2.24, 2.45) is 0 Å². The molecule has 5 rings (SSSR count). The number of ether oxygens (including phenoxy) is 2. The maximum Gasteiger partial charge on any atom is 0.339 e. The van der Waals surface area contributed by atoms with E-state index in [0.29, 0.717) is 0 Å². The Labute approximate surface area is 157 Å². The molecular formula is C6H10N4O14S4. The summed E-state index contributed by atoms with van der Waals surface area (Å²) in [6.07, 6.45) is -13.5. The lowest BCUT2D eigenvalue weighted by atomic mass is 10.2. The van der Waals surface area contributed by atoms with E-state index < -0.39 is 78.5 Å². The third kappa shape index (κ3) is 2.66. The summed E-state index contributed by atoms with van der Waals surface area (Å²) in [5, 5.41) is 0. The molecule has 162 valence electrons. The first-order chi connectivity index (χ1) is 12.5. The second kappa shape index (κ2) is 5.55.